The van der Waals surface area contributed by atoms with Gasteiger partial charge in [-0.25, -0.2) is 4.39 Å². The highest BCUT2D eigenvalue weighted by Gasteiger charge is 2.54. The number of hydrogen-bond donors (Lipinski definition) is 1. The molecule has 2 heterocycles. The first-order valence-corrected chi connectivity index (χ1v) is 12.4. The number of rotatable bonds is 7. The van der Waals surface area contributed by atoms with Crippen LogP contribution in [0, 0.1) is 5.92 Å². The number of fused-ring (bicyclic) bond motifs is 1. The average Bonchev–Trinajstić information content (AvgIpc) is 3.40. The molecule has 1 amide bonds. The van der Waals surface area contributed by atoms with Crippen LogP contribution in [0.15, 0.2) is 48.5 Å². The van der Waals surface area contributed by atoms with Crippen molar-refractivity contribution in [2.24, 2.45) is 5.92 Å². The Balaban J connectivity index is 1.58. The van der Waals surface area contributed by atoms with Gasteiger partial charge >= 0.3 is 12.4 Å². The van der Waals surface area contributed by atoms with E-state index in [9.17, 15) is 40.3 Å². The minimum Gasteiger partial charge on any atom is -0.365 e. The Hall–Kier alpha value is -2.99. The largest absolute Gasteiger partial charge is 0.416 e. The summed E-state index contributed by atoms with van der Waals surface area (Å²) >= 11 is 0. The summed E-state index contributed by atoms with van der Waals surface area (Å²) < 4.78 is 101. The number of ether oxygens (including phenoxy) is 1. The lowest BCUT2D eigenvalue weighted by Gasteiger charge is -2.32. The number of Topliss-reactive ketones (excluding diaryl/α,β-unsaturated/α-hetero) is 1. The van der Waals surface area contributed by atoms with Crippen LogP contribution >= 0.6 is 0 Å². The number of amides is 1. The Kier molecular flexibility index (Phi) is 8.09. The third kappa shape index (κ3) is 6.27. The molecule has 4 rings (SSSR count). The number of nitrogens with zero attached hydrogens (tertiary/aromatic N) is 1. The van der Waals surface area contributed by atoms with Gasteiger partial charge in [-0.2, -0.15) is 26.3 Å². The molecule has 12 heteroatoms. The zero-order valence-electron chi connectivity index (χ0n) is 21.0. The van der Waals surface area contributed by atoms with Gasteiger partial charge in [0, 0.05) is 0 Å². The molecule has 0 bridgehead atoms. The van der Waals surface area contributed by atoms with E-state index in [-0.39, 0.29) is 24.5 Å². The molecule has 2 aliphatic heterocycles. The fraction of sp³-hybridized carbons (Fsp3) is 0.481. The molecule has 5 atom stereocenters. The molecule has 39 heavy (non-hydrogen) atoms. The van der Waals surface area contributed by atoms with Gasteiger partial charge in [-0.1, -0.05) is 50.2 Å². The van der Waals surface area contributed by atoms with E-state index in [1.165, 1.54) is 36.4 Å². The lowest BCUT2D eigenvalue weighted by molar-refractivity contribution is -0.163. The summed E-state index contributed by atoms with van der Waals surface area (Å²) in [5.74, 6) is -1.52. The van der Waals surface area contributed by atoms with Gasteiger partial charge in [-0.15, -0.1) is 0 Å². The number of carbonyl (C=O) groups is 2. The molecule has 2 fully saturated rings. The molecule has 0 saturated carbocycles. The standard InChI is InChI=1S/C27H27F7N2O3/c1-14(2)11-20(25(38)36-12-19(28)23-22(36)21(37)13-39-23)35-24(27(32,33)34)17-5-3-15(4-6-17)16-7-9-18(10-8-16)26(29,30)31/h3-10,14,19-20,22-24,35H,11-13H2,1-2H3/t19-,20-,22+,23+,24-/m0/s1. The highest BCUT2D eigenvalue weighted by Crippen LogP contribution is 2.37. The van der Waals surface area contributed by atoms with Crippen LogP contribution < -0.4 is 5.32 Å². The maximum Gasteiger partial charge on any atom is 0.416 e. The van der Waals surface area contributed by atoms with E-state index >= 15 is 0 Å². The molecule has 2 aliphatic rings. The predicted octanol–water partition coefficient (Wildman–Crippen LogP) is 5.50. The van der Waals surface area contributed by atoms with E-state index in [0.717, 1.165) is 17.0 Å². The molecule has 5 nitrogen and oxygen atoms in total. The number of carbonyl (C=O) groups excluding carboxylic acids is 2. The van der Waals surface area contributed by atoms with Crippen molar-refractivity contribution in [3.8, 4) is 11.1 Å². The van der Waals surface area contributed by atoms with Crippen LogP contribution in [0.2, 0.25) is 0 Å². The highest BCUT2D eigenvalue weighted by atomic mass is 19.4. The van der Waals surface area contributed by atoms with Gasteiger partial charge in [0.1, 0.15) is 31.0 Å². The molecule has 1 N–H and O–H groups in total. The van der Waals surface area contributed by atoms with Crippen molar-refractivity contribution in [1.29, 1.82) is 0 Å². The molecule has 0 spiro atoms. The van der Waals surface area contributed by atoms with E-state index in [2.05, 4.69) is 5.32 Å². The van der Waals surface area contributed by atoms with Gasteiger partial charge in [0.2, 0.25) is 5.91 Å². The second-order valence-corrected chi connectivity index (χ2v) is 10.2. The van der Waals surface area contributed by atoms with Crippen LogP contribution in [0.1, 0.15) is 37.4 Å². The average molecular weight is 561 g/mol. The van der Waals surface area contributed by atoms with Crippen molar-refractivity contribution < 1.29 is 45.1 Å². The second kappa shape index (κ2) is 10.9. The lowest BCUT2D eigenvalue weighted by atomic mass is 9.97. The summed E-state index contributed by atoms with van der Waals surface area (Å²) in [4.78, 5) is 26.6. The Morgan fingerprint density at radius 1 is 1.00 bits per heavy atom. The van der Waals surface area contributed by atoms with Gasteiger partial charge < -0.3 is 9.64 Å². The van der Waals surface area contributed by atoms with Crippen molar-refractivity contribution >= 4 is 11.7 Å². The topological polar surface area (TPSA) is 58.6 Å². The van der Waals surface area contributed by atoms with Crippen molar-refractivity contribution in [3.05, 3.63) is 59.7 Å². The van der Waals surface area contributed by atoms with E-state index in [1.54, 1.807) is 13.8 Å². The van der Waals surface area contributed by atoms with Crippen molar-refractivity contribution in [1.82, 2.24) is 10.2 Å². The fourth-order valence-corrected chi connectivity index (χ4v) is 5.04. The third-order valence-corrected chi connectivity index (χ3v) is 6.90. The Labute approximate surface area is 220 Å². The first-order valence-electron chi connectivity index (χ1n) is 12.4. The SMILES string of the molecule is CC(C)C[C@H](N[C@@H](c1ccc(-c2ccc(C(F)(F)F)cc2)cc1)C(F)(F)F)C(=O)N1C[C@H](F)[C@H]2OCC(=O)[C@H]21. The Bertz CT molecular complexity index is 1180. The number of benzene rings is 2. The quantitative estimate of drug-likeness (QED) is 0.455. The minimum atomic E-state index is -4.83. The zero-order valence-corrected chi connectivity index (χ0v) is 21.0. The molecule has 2 aromatic carbocycles. The van der Waals surface area contributed by atoms with Crippen molar-refractivity contribution in [2.45, 2.75) is 63.0 Å². The van der Waals surface area contributed by atoms with Crippen molar-refractivity contribution in [2.75, 3.05) is 13.2 Å². The van der Waals surface area contributed by atoms with E-state index in [4.69, 9.17) is 4.74 Å². The van der Waals surface area contributed by atoms with E-state index in [1.807, 2.05) is 0 Å². The smallest absolute Gasteiger partial charge is 0.365 e. The molecular weight excluding hydrogens is 533 g/mol. The normalized spacial score (nSPS) is 23.3. The summed E-state index contributed by atoms with van der Waals surface area (Å²) in [6.45, 7) is 2.63. The number of halogens is 7. The number of nitrogens with one attached hydrogen (secondary N) is 1. The van der Waals surface area contributed by atoms with Crippen LogP contribution in [0.25, 0.3) is 11.1 Å². The molecular formula is C27H27F7N2O3. The molecule has 0 aromatic heterocycles. The molecule has 212 valence electrons. The van der Waals surface area contributed by atoms with Gasteiger partial charge in [-0.3, -0.25) is 14.9 Å². The van der Waals surface area contributed by atoms with Gasteiger partial charge in [0.25, 0.3) is 0 Å². The summed E-state index contributed by atoms with van der Waals surface area (Å²) in [6.07, 6.45) is -12.1. The number of likely N-dealkylation sites (tertiary alicyclic amines) is 1. The maximum absolute atomic E-state index is 14.4. The molecule has 0 aliphatic carbocycles. The number of hydrogen-bond acceptors (Lipinski definition) is 4. The molecule has 2 aromatic rings. The van der Waals surface area contributed by atoms with Crippen LogP contribution in [0.4, 0.5) is 30.7 Å². The van der Waals surface area contributed by atoms with E-state index < -0.39 is 66.6 Å². The number of alkyl halides is 7. The van der Waals surface area contributed by atoms with Crippen LogP contribution in [0.5, 0.6) is 0 Å². The molecule has 2 saturated heterocycles. The zero-order chi connectivity index (χ0) is 28.7. The number of ketones is 1. The summed E-state index contributed by atoms with van der Waals surface area (Å²) in [7, 11) is 0. The lowest BCUT2D eigenvalue weighted by Crippen LogP contribution is -2.53. The van der Waals surface area contributed by atoms with Gasteiger partial charge in [0.05, 0.1) is 18.2 Å². The summed E-state index contributed by atoms with van der Waals surface area (Å²) in [5.41, 5.74) is -0.284. The first kappa shape index (κ1) is 29.0. The van der Waals surface area contributed by atoms with Crippen LogP contribution in [-0.4, -0.2) is 60.3 Å². The van der Waals surface area contributed by atoms with Gasteiger partial charge in [0.15, 0.2) is 5.78 Å². The monoisotopic (exact) mass is 560 g/mol. The predicted molar refractivity (Wildman–Crippen MR) is 127 cm³/mol. The third-order valence-electron chi connectivity index (χ3n) is 6.90. The Morgan fingerprint density at radius 2 is 1.56 bits per heavy atom. The first-order chi connectivity index (χ1) is 18.2. The molecule has 0 radical (unpaired) electrons. The van der Waals surface area contributed by atoms with Gasteiger partial charge in [-0.05, 0) is 41.2 Å². The van der Waals surface area contributed by atoms with Crippen molar-refractivity contribution in [3.63, 3.8) is 0 Å². The second-order valence-electron chi connectivity index (χ2n) is 10.2. The van der Waals surface area contributed by atoms with E-state index in [0.29, 0.717) is 11.1 Å². The maximum atomic E-state index is 14.4. The van der Waals surface area contributed by atoms with Crippen LogP contribution in [0.3, 0.4) is 0 Å². The summed E-state index contributed by atoms with van der Waals surface area (Å²) in [5, 5.41) is 2.40. The van der Waals surface area contributed by atoms with Crippen LogP contribution in [-0.2, 0) is 20.5 Å². The molecule has 0 unspecified atom stereocenters. The fourth-order valence-electron chi connectivity index (χ4n) is 5.04. The minimum absolute atomic E-state index is 0.00502. The summed E-state index contributed by atoms with van der Waals surface area (Å²) in [6, 6.07) is 4.49. The Morgan fingerprint density at radius 3 is 2.08 bits per heavy atom. The highest BCUT2D eigenvalue weighted by molar-refractivity contribution is 5.94.